The van der Waals surface area contributed by atoms with E-state index in [2.05, 4.69) is 27.2 Å². The summed E-state index contributed by atoms with van der Waals surface area (Å²) in [7, 11) is -2.03. The van der Waals surface area contributed by atoms with Gasteiger partial charge in [0.2, 0.25) is 0 Å². The van der Waals surface area contributed by atoms with E-state index < -0.39 is 10.0 Å². The average Bonchev–Trinajstić information content (AvgIpc) is 3.37. The second kappa shape index (κ2) is 8.72. The number of aryl methyl sites for hydroxylation is 2. The molecule has 1 aliphatic heterocycles. The fourth-order valence-electron chi connectivity index (χ4n) is 3.87. The van der Waals surface area contributed by atoms with E-state index in [1.54, 1.807) is 23.7 Å². The largest absolute Gasteiger partial charge is 0.365 e. The molecule has 0 spiro atoms. The van der Waals surface area contributed by atoms with Gasteiger partial charge in [-0.25, -0.2) is 27.8 Å². The Labute approximate surface area is 181 Å². The Hall–Kier alpha value is -2.85. The lowest BCUT2D eigenvalue weighted by atomic mass is 9.94. The highest BCUT2D eigenvalue weighted by Gasteiger charge is 2.41. The minimum atomic E-state index is -3.75. The van der Waals surface area contributed by atoms with E-state index in [0.29, 0.717) is 5.82 Å². The van der Waals surface area contributed by atoms with E-state index in [4.69, 9.17) is 0 Å². The lowest BCUT2D eigenvalue weighted by Gasteiger charge is -2.21. The molecule has 1 aromatic carbocycles. The molecular formula is C21H25FN6O2S. The van der Waals surface area contributed by atoms with E-state index in [0.717, 1.165) is 24.1 Å². The Bertz CT molecular complexity index is 1150. The van der Waals surface area contributed by atoms with Crippen molar-refractivity contribution in [2.45, 2.75) is 36.8 Å². The highest BCUT2D eigenvalue weighted by molar-refractivity contribution is 7.89. The molecule has 0 bridgehead atoms. The van der Waals surface area contributed by atoms with Gasteiger partial charge in [-0.05, 0) is 24.1 Å². The van der Waals surface area contributed by atoms with Gasteiger partial charge in [-0.1, -0.05) is 25.5 Å². The molecule has 4 rings (SSSR count). The van der Waals surface area contributed by atoms with Crippen LogP contribution in [0.25, 0.3) is 0 Å². The molecule has 164 valence electrons. The SMILES string of the molecule is CCCc1cc(N[C@H]2CN(S(=O)(=O)c3cn(C)cn3)C[C@@H]2c2ccc(F)cc2)ncn1. The van der Waals surface area contributed by atoms with Gasteiger partial charge in [0.1, 0.15) is 18.0 Å². The van der Waals surface area contributed by atoms with Crippen LogP contribution in [-0.2, 0) is 23.5 Å². The number of imidazole rings is 1. The van der Waals surface area contributed by atoms with Gasteiger partial charge in [-0.2, -0.15) is 4.31 Å². The quantitative estimate of drug-likeness (QED) is 0.602. The number of halogens is 1. The third-order valence-corrected chi connectivity index (χ3v) is 7.15. The Morgan fingerprint density at radius 3 is 2.61 bits per heavy atom. The topological polar surface area (TPSA) is 93.0 Å². The molecule has 3 aromatic rings. The van der Waals surface area contributed by atoms with Crippen LogP contribution in [0.15, 0.2) is 54.2 Å². The van der Waals surface area contributed by atoms with Gasteiger partial charge in [-0.15, -0.1) is 0 Å². The number of sulfonamides is 1. The third kappa shape index (κ3) is 4.59. The van der Waals surface area contributed by atoms with Crippen LogP contribution in [0, 0.1) is 5.82 Å². The molecule has 0 unspecified atom stereocenters. The van der Waals surface area contributed by atoms with Crippen molar-refractivity contribution in [2.24, 2.45) is 7.05 Å². The van der Waals surface area contributed by atoms with Crippen LogP contribution in [0.2, 0.25) is 0 Å². The molecule has 1 fully saturated rings. The van der Waals surface area contributed by atoms with Crippen molar-refractivity contribution in [1.29, 1.82) is 0 Å². The molecule has 31 heavy (non-hydrogen) atoms. The first kappa shape index (κ1) is 21.4. The van der Waals surface area contributed by atoms with Crippen molar-refractivity contribution in [3.05, 3.63) is 66.3 Å². The zero-order valence-electron chi connectivity index (χ0n) is 17.4. The molecule has 0 aliphatic carbocycles. The number of rotatable bonds is 7. The average molecular weight is 445 g/mol. The molecule has 10 heteroatoms. The molecule has 1 saturated heterocycles. The highest BCUT2D eigenvalue weighted by Crippen LogP contribution is 2.33. The number of anilines is 1. The summed E-state index contributed by atoms with van der Waals surface area (Å²) < 4.78 is 42.8. The van der Waals surface area contributed by atoms with Crippen molar-refractivity contribution in [3.63, 3.8) is 0 Å². The Kier molecular flexibility index (Phi) is 6.01. The zero-order chi connectivity index (χ0) is 22.0. The first-order valence-electron chi connectivity index (χ1n) is 10.2. The van der Waals surface area contributed by atoms with Gasteiger partial charge >= 0.3 is 0 Å². The van der Waals surface area contributed by atoms with Crippen molar-refractivity contribution in [2.75, 3.05) is 18.4 Å². The molecule has 2 atom stereocenters. The Morgan fingerprint density at radius 1 is 1.16 bits per heavy atom. The minimum Gasteiger partial charge on any atom is -0.365 e. The maximum atomic E-state index is 13.5. The summed E-state index contributed by atoms with van der Waals surface area (Å²) in [6, 6.07) is 7.84. The monoisotopic (exact) mass is 444 g/mol. The van der Waals surface area contributed by atoms with Crippen LogP contribution in [0.5, 0.6) is 0 Å². The lowest BCUT2D eigenvalue weighted by Crippen LogP contribution is -2.32. The molecule has 1 N–H and O–H groups in total. The summed E-state index contributed by atoms with van der Waals surface area (Å²) in [5.74, 6) is 0.139. The van der Waals surface area contributed by atoms with E-state index in [9.17, 15) is 12.8 Å². The van der Waals surface area contributed by atoms with Crippen LogP contribution in [0.3, 0.4) is 0 Å². The second-order valence-electron chi connectivity index (χ2n) is 7.75. The van der Waals surface area contributed by atoms with Crippen LogP contribution in [0.4, 0.5) is 10.2 Å². The molecule has 8 nitrogen and oxygen atoms in total. The summed E-state index contributed by atoms with van der Waals surface area (Å²) in [6.45, 7) is 2.58. The first-order chi connectivity index (χ1) is 14.9. The Balaban J connectivity index is 1.64. The molecule has 3 heterocycles. The van der Waals surface area contributed by atoms with Gasteiger partial charge < -0.3 is 9.88 Å². The molecule has 0 radical (unpaired) electrons. The maximum absolute atomic E-state index is 13.5. The Morgan fingerprint density at radius 2 is 1.94 bits per heavy atom. The number of hydrogen-bond donors (Lipinski definition) is 1. The van der Waals surface area contributed by atoms with Crippen molar-refractivity contribution in [3.8, 4) is 0 Å². The van der Waals surface area contributed by atoms with E-state index in [1.807, 2.05) is 6.07 Å². The summed E-state index contributed by atoms with van der Waals surface area (Å²) in [6.07, 6.45) is 6.27. The highest BCUT2D eigenvalue weighted by atomic mass is 32.2. The van der Waals surface area contributed by atoms with Crippen molar-refractivity contribution < 1.29 is 12.8 Å². The first-order valence-corrected chi connectivity index (χ1v) is 11.6. The number of nitrogens with zero attached hydrogens (tertiary/aromatic N) is 5. The van der Waals surface area contributed by atoms with Crippen molar-refractivity contribution >= 4 is 15.8 Å². The summed E-state index contributed by atoms with van der Waals surface area (Å²) >= 11 is 0. The molecule has 2 aromatic heterocycles. The maximum Gasteiger partial charge on any atom is 0.262 e. The van der Waals surface area contributed by atoms with E-state index in [-0.39, 0.29) is 35.9 Å². The van der Waals surface area contributed by atoms with Gasteiger partial charge in [0, 0.05) is 50.1 Å². The van der Waals surface area contributed by atoms with Crippen LogP contribution < -0.4 is 5.32 Å². The molecule has 0 saturated carbocycles. The third-order valence-electron chi connectivity index (χ3n) is 5.43. The number of aromatic nitrogens is 4. The number of hydrogen-bond acceptors (Lipinski definition) is 6. The number of nitrogens with one attached hydrogen (secondary N) is 1. The van der Waals surface area contributed by atoms with Gasteiger partial charge in [0.15, 0.2) is 5.03 Å². The number of benzene rings is 1. The molecule has 1 aliphatic rings. The standard InChI is InChI=1S/C21H25FN6O2S/c1-3-4-17-9-20(24-13-23-17)26-19-11-28(31(29,30)21-12-27(2)14-25-21)10-18(19)15-5-7-16(22)8-6-15/h5-9,12-14,18-19H,3-4,10-11H2,1-2H3,(H,23,24,26)/t18-,19+/m1/s1. The normalized spacial score (nSPS) is 19.6. The van der Waals surface area contributed by atoms with Gasteiger partial charge in [0.05, 0.1) is 6.33 Å². The van der Waals surface area contributed by atoms with Gasteiger partial charge in [0.25, 0.3) is 10.0 Å². The molecular weight excluding hydrogens is 419 g/mol. The van der Waals surface area contributed by atoms with Gasteiger partial charge in [-0.3, -0.25) is 0 Å². The fourth-order valence-corrected chi connectivity index (χ4v) is 5.33. The second-order valence-corrected chi connectivity index (χ2v) is 9.64. The lowest BCUT2D eigenvalue weighted by molar-refractivity contribution is 0.468. The van der Waals surface area contributed by atoms with E-state index in [1.165, 1.54) is 35.3 Å². The summed E-state index contributed by atoms with van der Waals surface area (Å²) in [4.78, 5) is 12.6. The smallest absolute Gasteiger partial charge is 0.262 e. The van der Waals surface area contributed by atoms with E-state index >= 15 is 0 Å². The summed E-state index contributed by atoms with van der Waals surface area (Å²) in [5, 5.41) is 3.40. The van der Waals surface area contributed by atoms with Crippen LogP contribution in [0.1, 0.15) is 30.5 Å². The zero-order valence-corrected chi connectivity index (χ0v) is 18.3. The summed E-state index contributed by atoms with van der Waals surface area (Å²) in [5.41, 5.74) is 1.79. The fraction of sp³-hybridized carbons (Fsp3) is 0.381. The predicted octanol–water partition coefficient (Wildman–Crippen LogP) is 2.57. The molecule has 0 amide bonds. The van der Waals surface area contributed by atoms with Crippen LogP contribution >= 0.6 is 0 Å². The predicted molar refractivity (Wildman–Crippen MR) is 115 cm³/mol. The minimum absolute atomic E-state index is 0.0146. The van der Waals surface area contributed by atoms with Crippen molar-refractivity contribution in [1.82, 2.24) is 23.8 Å². The van der Waals surface area contributed by atoms with Crippen LogP contribution in [-0.4, -0.2) is 51.4 Å².